The number of carbonyl (C=O) groups is 1. The van der Waals surface area contributed by atoms with Crippen molar-refractivity contribution >= 4 is 23.4 Å². The molecule has 0 radical (unpaired) electrons. The lowest BCUT2D eigenvalue weighted by molar-refractivity contribution is 0.189. The Balaban J connectivity index is 2.00. The van der Waals surface area contributed by atoms with E-state index in [0.29, 0.717) is 17.0 Å². The number of pyridine rings is 2. The van der Waals surface area contributed by atoms with E-state index >= 15 is 4.39 Å². The number of nitrogens with zero attached hydrogens (tertiary/aromatic N) is 3. The number of rotatable bonds is 10. The van der Waals surface area contributed by atoms with Crippen LogP contribution in [0.1, 0.15) is 24.1 Å². The molecule has 12 heteroatoms. The minimum absolute atomic E-state index is 0.0505. The molecule has 1 amide bonds. The maximum atomic E-state index is 15.0. The fourth-order valence-corrected chi connectivity index (χ4v) is 3.40. The molecule has 36 heavy (non-hydrogen) atoms. The maximum absolute atomic E-state index is 15.0. The number of ether oxygens (including phenoxy) is 3. The van der Waals surface area contributed by atoms with Gasteiger partial charge >= 0.3 is 6.09 Å². The van der Waals surface area contributed by atoms with Crippen molar-refractivity contribution in [2.45, 2.75) is 19.0 Å². The van der Waals surface area contributed by atoms with Gasteiger partial charge in [-0.25, -0.2) is 14.2 Å². The SMILES string of the molecule is COc1ccc([C@@H](Nc2nc(Nc3cc(OC)nc(OC)c3)c(C#N)cc2F)[C@H](C)NC(=O)O)cc1. The van der Waals surface area contributed by atoms with Crippen molar-refractivity contribution in [2.75, 3.05) is 32.0 Å². The Labute approximate surface area is 206 Å². The quantitative estimate of drug-likeness (QED) is 0.323. The second kappa shape index (κ2) is 11.6. The molecular formula is C24H25FN6O5. The molecule has 3 rings (SSSR count). The Morgan fingerprint density at radius 2 is 1.67 bits per heavy atom. The summed E-state index contributed by atoms with van der Waals surface area (Å²) >= 11 is 0. The summed E-state index contributed by atoms with van der Waals surface area (Å²) in [6.45, 7) is 1.63. The number of amides is 1. The zero-order chi connectivity index (χ0) is 26.2. The van der Waals surface area contributed by atoms with E-state index in [1.54, 1.807) is 43.3 Å². The van der Waals surface area contributed by atoms with E-state index in [0.717, 1.165) is 6.07 Å². The van der Waals surface area contributed by atoms with Crippen LogP contribution in [0.2, 0.25) is 0 Å². The van der Waals surface area contributed by atoms with Gasteiger partial charge in [-0.2, -0.15) is 10.2 Å². The molecule has 2 atom stereocenters. The highest BCUT2D eigenvalue weighted by Gasteiger charge is 2.24. The van der Waals surface area contributed by atoms with Crippen molar-refractivity contribution in [3.05, 3.63) is 59.4 Å². The first-order chi connectivity index (χ1) is 17.3. The number of nitriles is 1. The molecule has 1 aromatic carbocycles. The summed E-state index contributed by atoms with van der Waals surface area (Å²) in [6, 6.07) is 11.5. The van der Waals surface area contributed by atoms with Gasteiger partial charge in [0.15, 0.2) is 17.5 Å². The summed E-state index contributed by atoms with van der Waals surface area (Å²) in [4.78, 5) is 19.7. The predicted octanol–water partition coefficient (Wildman–Crippen LogP) is 4.07. The molecule has 11 nitrogen and oxygen atoms in total. The van der Waals surface area contributed by atoms with E-state index in [2.05, 4.69) is 25.9 Å². The van der Waals surface area contributed by atoms with Gasteiger partial charge in [0.2, 0.25) is 11.8 Å². The van der Waals surface area contributed by atoms with Gasteiger partial charge in [-0.05, 0) is 30.7 Å². The fraction of sp³-hybridized carbons (Fsp3) is 0.250. The number of benzene rings is 1. The molecule has 0 bridgehead atoms. The van der Waals surface area contributed by atoms with Crippen LogP contribution in [0, 0.1) is 17.1 Å². The number of carboxylic acid groups (broad SMARTS) is 1. The molecule has 0 aliphatic heterocycles. The minimum atomic E-state index is -1.24. The van der Waals surface area contributed by atoms with Crippen LogP contribution >= 0.6 is 0 Å². The van der Waals surface area contributed by atoms with Gasteiger partial charge in [0, 0.05) is 12.1 Å². The third-order valence-corrected chi connectivity index (χ3v) is 5.17. The van der Waals surface area contributed by atoms with Crippen LogP contribution < -0.4 is 30.2 Å². The van der Waals surface area contributed by atoms with E-state index < -0.39 is 24.0 Å². The van der Waals surface area contributed by atoms with Gasteiger partial charge in [0.1, 0.15) is 11.8 Å². The Morgan fingerprint density at radius 3 is 2.19 bits per heavy atom. The highest BCUT2D eigenvalue weighted by molar-refractivity contribution is 5.67. The second-order valence-electron chi connectivity index (χ2n) is 7.53. The van der Waals surface area contributed by atoms with E-state index in [4.69, 9.17) is 14.2 Å². The van der Waals surface area contributed by atoms with Crippen molar-refractivity contribution in [3.8, 4) is 23.6 Å². The smallest absolute Gasteiger partial charge is 0.404 e. The minimum Gasteiger partial charge on any atom is -0.497 e. The molecule has 3 aromatic rings. The van der Waals surface area contributed by atoms with Crippen LogP contribution in [0.15, 0.2) is 42.5 Å². The Bertz CT molecular complexity index is 1240. The molecule has 0 fully saturated rings. The van der Waals surface area contributed by atoms with Crippen molar-refractivity contribution in [1.29, 1.82) is 5.26 Å². The second-order valence-corrected chi connectivity index (χ2v) is 7.53. The molecule has 2 heterocycles. The standard InChI is InChI=1S/C24H25FN6O5/c1-13(27-24(32)33)21(14-5-7-17(34-2)8-6-14)30-23-18(25)9-15(12-26)22(31-23)28-16-10-19(35-3)29-20(11-16)36-4/h5-11,13,21,27H,1-4H3,(H,32,33)(H2,28,29,30,31)/t13-,21-/m0/s1. The number of hydrogen-bond donors (Lipinski definition) is 4. The molecule has 0 aliphatic rings. The topological polar surface area (TPSA) is 151 Å². The van der Waals surface area contributed by atoms with Crippen molar-refractivity contribution in [3.63, 3.8) is 0 Å². The highest BCUT2D eigenvalue weighted by atomic mass is 19.1. The largest absolute Gasteiger partial charge is 0.497 e. The number of halogens is 1. The lowest BCUT2D eigenvalue weighted by Gasteiger charge is -2.26. The van der Waals surface area contributed by atoms with Gasteiger partial charge in [0.05, 0.1) is 44.7 Å². The average Bonchev–Trinajstić information content (AvgIpc) is 2.87. The summed E-state index contributed by atoms with van der Waals surface area (Å²) in [7, 11) is 4.41. The Morgan fingerprint density at radius 1 is 1.03 bits per heavy atom. The zero-order valence-electron chi connectivity index (χ0n) is 20.0. The van der Waals surface area contributed by atoms with Gasteiger partial charge < -0.3 is 35.3 Å². The molecule has 0 saturated heterocycles. The van der Waals surface area contributed by atoms with Crippen LogP contribution in [0.25, 0.3) is 0 Å². The number of aromatic nitrogens is 2. The lowest BCUT2D eigenvalue weighted by atomic mass is 10.00. The highest BCUT2D eigenvalue weighted by Crippen LogP contribution is 2.30. The molecule has 188 valence electrons. The third-order valence-electron chi connectivity index (χ3n) is 5.17. The van der Waals surface area contributed by atoms with E-state index in [1.165, 1.54) is 21.3 Å². The van der Waals surface area contributed by atoms with Crippen LogP contribution in [0.4, 0.5) is 26.5 Å². The first kappa shape index (κ1) is 25.8. The fourth-order valence-electron chi connectivity index (χ4n) is 3.40. The first-order valence-electron chi connectivity index (χ1n) is 10.7. The van der Waals surface area contributed by atoms with Crippen molar-refractivity contribution in [1.82, 2.24) is 15.3 Å². The Kier molecular flexibility index (Phi) is 8.30. The lowest BCUT2D eigenvalue weighted by Crippen LogP contribution is -2.39. The van der Waals surface area contributed by atoms with Gasteiger partial charge in [-0.15, -0.1) is 0 Å². The summed E-state index contributed by atoms with van der Waals surface area (Å²) in [6.07, 6.45) is -1.24. The summed E-state index contributed by atoms with van der Waals surface area (Å²) in [5.41, 5.74) is 1.04. The summed E-state index contributed by atoms with van der Waals surface area (Å²) in [5, 5.41) is 27.1. The molecular weight excluding hydrogens is 471 g/mol. The Hall–Kier alpha value is -4.79. The summed E-state index contributed by atoms with van der Waals surface area (Å²) < 4.78 is 30.5. The van der Waals surface area contributed by atoms with Crippen LogP contribution in [-0.4, -0.2) is 48.5 Å². The molecule has 0 unspecified atom stereocenters. The van der Waals surface area contributed by atoms with Crippen molar-refractivity contribution < 1.29 is 28.5 Å². The van der Waals surface area contributed by atoms with E-state index in [9.17, 15) is 15.2 Å². The van der Waals surface area contributed by atoms with Gasteiger partial charge in [0.25, 0.3) is 0 Å². The van der Waals surface area contributed by atoms with E-state index in [1.807, 2.05) is 6.07 Å². The predicted molar refractivity (Wildman–Crippen MR) is 130 cm³/mol. The molecule has 0 spiro atoms. The molecule has 4 N–H and O–H groups in total. The van der Waals surface area contributed by atoms with Crippen molar-refractivity contribution in [2.24, 2.45) is 0 Å². The number of methoxy groups -OCH3 is 3. The average molecular weight is 496 g/mol. The molecule has 0 saturated carbocycles. The number of hydrogen-bond acceptors (Lipinski definition) is 9. The van der Waals surface area contributed by atoms with Crippen LogP contribution in [0.5, 0.6) is 17.5 Å². The van der Waals surface area contributed by atoms with Crippen LogP contribution in [0.3, 0.4) is 0 Å². The monoisotopic (exact) mass is 496 g/mol. The van der Waals surface area contributed by atoms with E-state index in [-0.39, 0.29) is 29.0 Å². The van der Waals surface area contributed by atoms with Gasteiger partial charge in [-0.1, -0.05) is 12.1 Å². The summed E-state index contributed by atoms with van der Waals surface area (Å²) in [5.74, 6) is 0.193. The van der Waals surface area contributed by atoms with Gasteiger partial charge in [-0.3, -0.25) is 0 Å². The zero-order valence-corrected chi connectivity index (χ0v) is 20.0. The number of nitrogens with one attached hydrogen (secondary N) is 3. The molecule has 0 aliphatic carbocycles. The van der Waals surface area contributed by atoms with Crippen LogP contribution in [-0.2, 0) is 0 Å². The maximum Gasteiger partial charge on any atom is 0.404 e. The number of anilines is 3. The first-order valence-corrected chi connectivity index (χ1v) is 10.7. The normalized spacial score (nSPS) is 12.0. The molecule has 2 aromatic heterocycles. The third kappa shape index (κ3) is 6.20.